The molecule has 1 aliphatic heterocycles. The minimum Gasteiger partial charge on any atom is -0.384 e. The first-order valence-corrected chi connectivity index (χ1v) is 6.76. The molecule has 0 unspecified atom stereocenters. The number of hydrogen-bond acceptors (Lipinski definition) is 3. The third-order valence-corrected chi connectivity index (χ3v) is 3.55. The van der Waals surface area contributed by atoms with Crippen LogP contribution in [0.3, 0.4) is 0 Å². The molecule has 0 aliphatic carbocycles. The van der Waals surface area contributed by atoms with Crippen molar-refractivity contribution in [1.82, 2.24) is 4.90 Å². The number of anilines is 1. The summed E-state index contributed by atoms with van der Waals surface area (Å²) in [5.41, 5.74) is 2.92. The highest BCUT2D eigenvalue weighted by Gasteiger charge is 2.08. The van der Waals surface area contributed by atoms with Gasteiger partial charge in [-0.2, -0.15) is 5.26 Å². The Morgan fingerprint density at radius 2 is 2.06 bits per heavy atom. The predicted molar refractivity (Wildman–Crippen MR) is 74.7 cm³/mol. The summed E-state index contributed by atoms with van der Waals surface area (Å²) in [6.07, 6.45) is 4.07. The minimum absolute atomic E-state index is 0.761. The average Bonchev–Trinajstić information content (AvgIpc) is 2.40. The normalized spacial score (nSPS) is 16.2. The maximum Gasteiger partial charge on any atom is 0.0994 e. The van der Waals surface area contributed by atoms with Crippen LogP contribution in [0.15, 0.2) is 18.2 Å². The molecular weight excluding hydrogens is 222 g/mol. The quantitative estimate of drug-likeness (QED) is 0.883. The van der Waals surface area contributed by atoms with E-state index in [0.29, 0.717) is 0 Å². The van der Waals surface area contributed by atoms with Crippen LogP contribution in [-0.2, 0) is 0 Å². The molecule has 0 bridgehead atoms. The average molecular weight is 243 g/mol. The van der Waals surface area contributed by atoms with E-state index in [4.69, 9.17) is 5.26 Å². The largest absolute Gasteiger partial charge is 0.384 e. The van der Waals surface area contributed by atoms with Gasteiger partial charge in [-0.1, -0.05) is 6.42 Å². The number of hydrogen-bond donors (Lipinski definition) is 1. The standard InChI is InChI=1S/C15H21N3/c1-13-11-15(6-5-14(13)12-16)17-7-10-18-8-3-2-4-9-18/h5-6,11,17H,2-4,7-10H2,1H3. The topological polar surface area (TPSA) is 39.1 Å². The number of nitrogens with zero attached hydrogens (tertiary/aromatic N) is 2. The third-order valence-electron chi connectivity index (χ3n) is 3.55. The Morgan fingerprint density at radius 1 is 1.28 bits per heavy atom. The first kappa shape index (κ1) is 12.9. The highest BCUT2D eigenvalue weighted by Crippen LogP contribution is 2.14. The Labute approximate surface area is 109 Å². The fourth-order valence-electron chi connectivity index (χ4n) is 2.44. The van der Waals surface area contributed by atoms with Crippen molar-refractivity contribution in [3.8, 4) is 6.07 Å². The van der Waals surface area contributed by atoms with Crippen molar-refractivity contribution in [2.75, 3.05) is 31.5 Å². The summed E-state index contributed by atoms with van der Waals surface area (Å²) < 4.78 is 0. The van der Waals surface area contributed by atoms with Crippen LogP contribution in [0.4, 0.5) is 5.69 Å². The van der Waals surface area contributed by atoms with Crippen molar-refractivity contribution in [3.63, 3.8) is 0 Å². The van der Waals surface area contributed by atoms with E-state index < -0.39 is 0 Å². The van der Waals surface area contributed by atoms with Crippen molar-refractivity contribution >= 4 is 5.69 Å². The van der Waals surface area contributed by atoms with Crippen molar-refractivity contribution in [1.29, 1.82) is 5.26 Å². The van der Waals surface area contributed by atoms with Crippen LogP contribution < -0.4 is 5.32 Å². The van der Waals surface area contributed by atoms with Crippen molar-refractivity contribution < 1.29 is 0 Å². The van der Waals surface area contributed by atoms with E-state index in [2.05, 4.69) is 22.4 Å². The second kappa shape index (κ2) is 6.42. The molecule has 0 radical (unpaired) electrons. The zero-order valence-corrected chi connectivity index (χ0v) is 11.1. The summed E-state index contributed by atoms with van der Waals surface area (Å²) in [4.78, 5) is 2.52. The van der Waals surface area contributed by atoms with E-state index in [1.54, 1.807) is 0 Å². The van der Waals surface area contributed by atoms with Gasteiger partial charge in [0.05, 0.1) is 11.6 Å². The summed E-state index contributed by atoms with van der Waals surface area (Å²) in [7, 11) is 0. The van der Waals surface area contributed by atoms with Crippen LogP contribution in [0, 0.1) is 18.3 Å². The number of nitriles is 1. The van der Waals surface area contributed by atoms with Gasteiger partial charge >= 0.3 is 0 Å². The maximum absolute atomic E-state index is 8.88. The van der Waals surface area contributed by atoms with Gasteiger partial charge in [-0.3, -0.25) is 0 Å². The van der Waals surface area contributed by atoms with E-state index in [0.717, 1.165) is 29.9 Å². The highest BCUT2D eigenvalue weighted by molar-refractivity contribution is 5.51. The van der Waals surface area contributed by atoms with E-state index in [1.807, 2.05) is 19.1 Å². The summed E-state index contributed by atoms with van der Waals surface area (Å²) in [5.74, 6) is 0. The van der Waals surface area contributed by atoms with Crippen molar-refractivity contribution in [3.05, 3.63) is 29.3 Å². The Bertz CT molecular complexity index is 428. The van der Waals surface area contributed by atoms with Gasteiger partial charge in [-0.05, 0) is 56.6 Å². The van der Waals surface area contributed by atoms with Gasteiger partial charge in [0, 0.05) is 18.8 Å². The number of benzene rings is 1. The number of likely N-dealkylation sites (tertiary alicyclic amines) is 1. The Kier molecular flexibility index (Phi) is 4.60. The van der Waals surface area contributed by atoms with Crippen molar-refractivity contribution in [2.24, 2.45) is 0 Å². The number of piperidine rings is 1. The Hall–Kier alpha value is -1.53. The number of aryl methyl sites for hydroxylation is 1. The fraction of sp³-hybridized carbons (Fsp3) is 0.533. The Morgan fingerprint density at radius 3 is 2.72 bits per heavy atom. The van der Waals surface area contributed by atoms with Gasteiger partial charge in [0.25, 0.3) is 0 Å². The molecular formula is C15H21N3. The lowest BCUT2D eigenvalue weighted by molar-refractivity contribution is 0.237. The second-order valence-corrected chi connectivity index (χ2v) is 4.97. The molecule has 0 saturated carbocycles. The summed E-state index contributed by atoms with van der Waals surface area (Å²) in [6.45, 7) is 6.56. The smallest absolute Gasteiger partial charge is 0.0994 e. The van der Waals surface area contributed by atoms with Crippen molar-refractivity contribution in [2.45, 2.75) is 26.2 Å². The molecule has 0 amide bonds. The summed E-state index contributed by atoms with van der Waals surface area (Å²) >= 11 is 0. The molecule has 1 aliphatic rings. The van der Waals surface area contributed by atoms with Crippen LogP contribution in [0.2, 0.25) is 0 Å². The molecule has 3 heteroatoms. The van der Waals surface area contributed by atoms with E-state index in [-0.39, 0.29) is 0 Å². The zero-order chi connectivity index (χ0) is 12.8. The van der Waals surface area contributed by atoms with Gasteiger partial charge in [0.1, 0.15) is 0 Å². The zero-order valence-electron chi connectivity index (χ0n) is 11.1. The van der Waals surface area contributed by atoms with E-state index in [1.165, 1.54) is 32.4 Å². The molecule has 1 fully saturated rings. The second-order valence-electron chi connectivity index (χ2n) is 4.97. The van der Waals surface area contributed by atoms with Gasteiger partial charge in [0.15, 0.2) is 0 Å². The molecule has 0 spiro atoms. The predicted octanol–water partition coefficient (Wildman–Crippen LogP) is 2.76. The minimum atomic E-state index is 0.761. The lowest BCUT2D eigenvalue weighted by Gasteiger charge is -2.26. The van der Waals surface area contributed by atoms with Gasteiger partial charge < -0.3 is 10.2 Å². The molecule has 96 valence electrons. The van der Waals surface area contributed by atoms with Crippen LogP contribution in [0.1, 0.15) is 30.4 Å². The molecule has 1 N–H and O–H groups in total. The molecule has 0 aromatic heterocycles. The van der Waals surface area contributed by atoms with Crippen LogP contribution in [-0.4, -0.2) is 31.1 Å². The van der Waals surface area contributed by atoms with E-state index in [9.17, 15) is 0 Å². The maximum atomic E-state index is 8.88. The molecule has 0 atom stereocenters. The van der Waals surface area contributed by atoms with Crippen LogP contribution >= 0.6 is 0 Å². The van der Waals surface area contributed by atoms with Gasteiger partial charge in [-0.15, -0.1) is 0 Å². The lowest BCUT2D eigenvalue weighted by Crippen LogP contribution is -2.33. The third kappa shape index (κ3) is 3.48. The summed E-state index contributed by atoms with van der Waals surface area (Å²) in [5, 5.41) is 12.3. The summed E-state index contributed by atoms with van der Waals surface area (Å²) in [6, 6.07) is 8.12. The first-order valence-electron chi connectivity index (χ1n) is 6.76. The lowest BCUT2D eigenvalue weighted by atomic mass is 10.1. The molecule has 2 rings (SSSR count). The molecule has 1 aromatic carbocycles. The number of nitrogens with one attached hydrogen (secondary N) is 1. The van der Waals surface area contributed by atoms with Gasteiger partial charge in [0.2, 0.25) is 0 Å². The SMILES string of the molecule is Cc1cc(NCCN2CCCCC2)ccc1C#N. The molecule has 1 aromatic rings. The highest BCUT2D eigenvalue weighted by atomic mass is 15.1. The molecule has 1 saturated heterocycles. The van der Waals surface area contributed by atoms with Crippen LogP contribution in [0.25, 0.3) is 0 Å². The number of rotatable bonds is 4. The molecule has 3 nitrogen and oxygen atoms in total. The monoisotopic (exact) mass is 243 g/mol. The molecule has 18 heavy (non-hydrogen) atoms. The Balaban J connectivity index is 1.79. The fourth-order valence-corrected chi connectivity index (χ4v) is 2.44. The van der Waals surface area contributed by atoms with Crippen LogP contribution in [0.5, 0.6) is 0 Å². The van der Waals surface area contributed by atoms with Gasteiger partial charge in [-0.25, -0.2) is 0 Å². The molecule has 1 heterocycles. The van der Waals surface area contributed by atoms with E-state index >= 15 is 0 Å². The first-order chi connectivity index (χ1) is 8.79.